The highest BCUT2D eigenvalue weighted by atomic mass is 16.2. The molecule has 0 bridgehead atoms. The normalized spacial score (nSPS) is 19.9. The van der Waals surface area contributed by atoms with Gasteiger partial charge in [0.1, 0.15) is 0 Å². The van der Waals surface area contributed by atoms with E-state index in [2.05, 4.69) is 10.6 Å². The zero-order valence-electron chi connectivity index (χ0n) is 9.90. The maximum atomic E-state index is 11.9. The van der Waals surface area contributed by atoms with Gasteiger partial charge in [0.2, 0.25) is 0 Å². The van der Waals surface area contributed by atoms with Gasteiger partial charge in [-0.05, 0) is 25.5 Å². The van der Waals surface area contributed by atoms with E-state index in [0.717, 1.165) is 25.9 Å². The van der Waals surface area contributed by atoms with E-state index < -0.39 is 0 Å². The number of aromatic nitrogens is 1. The third-order valence-electron chi connectivity index (χ3n) is 3.00. The van der Waals surface area contributed by atoms with Crippen molar-refractivity contribution < 1.29 is 4.79 Å². The summed E-state index contributed by atoms with van der Waals surface area (Å²) in [5.41, 5.74) is 0.262. The van der Waals surface area contributed by atoms with Crippen LogP contribution in [-0.2, 0) is 7.05 Å². The van der Waals surface area contributed by atoms with E-state index in [4.69, 9.17) is 0 Å². The van der Waals surface area contributed by atoms with Crippen LogP contribution in [-0.4, -0.2) is 29.6 Å². The summed E-state index contributed by atoms with van der Waals surface area (Å²) in [6, 6.07) is 3.19. The number of piperidine rings is 1. The summed E-state index contributed by atoms with van der Waals surface area (Å²) in [6.45, 7) is 1.81. The average molecular weight is 235 g/mol. The molecule has 0 radical (unpaired) electrons. The number of pyridine rings is 1. The molecule has 5 nitrogen and oxygen atoms in total. The van der Waals surface area contributed by atoms with Crippen molar-refractivity contribution in [3.8, 4) is 0 Å². The zero-order valence-corrected chi connectivity index (χ0v) is 9.90. The lowest BCUT2D eigenvalue weighted by molar-refractivity contribution is 0.0930. The molecule has 5 heteroatoms. The molecule has 2 N–H and O–H groups in total. The number of rotatable bonds is 2. The van der Waals surface area contributed by atoms with E-state index in [9.17, 15) is 9.59 Å². The number of carbonyl (C=O) groups excluding carboxylic acids is 1. The molecule has 1 fully saturated rings. The molecule has 1 unspecified atom stereocenters. The van der Waals surface area contributed by atoms with Crippen LogP contribution in [0.4, 0.5) is 0 Å². The molecule has 1 amide bonds. The van der Waals surface area contributed by atoms with Crippen LogP contribution in [0.5, 0.6) is 0 Å². The maximum Gasteiger partial charge on any atom is 0.251 e. The monoisotopic (exact) mass is 235 g/mol. The van der Waals surface area contributed by atoms with Crippen LogP contribution < -0.4 is 16.2 Å². The smallest absolute Gasteiger partial charge is 0.251 e. The second-order valence-corrected chi connectivity index (χ2v) is 4.38. The summed E-state index contributed by atoms with van der Waals surface area (Å²) in [7, 11) is 1.66. The van der Waals surface area contributed by atoms with Crippen molar-refractivity contribution in [3.63, 3.8) is 0 Å². The number of nitrogens with zero attached hydrogens (tertiary/aromatic N) is 1. The minimum Gasteiger partial charge on any atom is -0.348 e. The molecule has 1 aliphatic heterocycles. The second kappa shape index (κ2) is 5.14. The van der Waals surface area contributed by atoms with E-state index in [0.29, 0.717) is 5.56 Å². The fourth-order valence-corrected chi connectivity index (χ4v) is 1.93. The first-order valence-electron chi connectivity index (χ1n) is 5.85. The van der Waals surface area contributed by atoms with Crippen LogP contribution in [0.15, 0.2) is 23.1 Å². The van der Waals surface area contributed by atoms with Crippen molar-refractivity contribution >= 4 is 5.91 Å². The van der Waals surface area contributed by atoms with Crippen LogP contribution in [0.1, 0.15) is 23.2 Å². The van der Waals surface area contributed by atoms with E-state index in [-0.39, 0.29) is 17.5 Å². The molecule has 0 aliphatic carbocycles. The number of amides is 1. The Morgan fingerprint density at radius 2 is 2.41 bits per heavy atom. The minimum atomic E-state index is -0.170. The highest BCUT2D eigenvalue weighted by molar-refractivity contribution is 5.94. The number of hydrogen-bond donors (Lipinski definition) is 2. The summed E-state index contributed by atoms with van der Waals surface area (Å²) in [4.78, 5) is 23.3. The summed E-state index contributed by atoms with van der Waals surface area (Å²) in [5.74, 6) is -0.170. The molecule has 2 rings (SSSR count). The lowest BCUT2D eigenvalue weighted by atomic mass is 10.1. The third kappa shape index (κ3) is 2.94. The largest absolute Gasteiger partial charge is 0.348 e. The van der Waals surface area contributed by atoms with Gasteiger partial charge in [-0.15, -0.1) is 0 Å². The van der Waals surface area contributed by atoms with Crippen LogP contribution in [0.25, 0.3) is 0 Å². The minimum absolute atomic E-state index is 0.167. The third-order valence-corrected chi connectivity index (χ3v) is 3.00. The number of aryl methyl sites for hydroxylation is 1. The first kappa shape index (κ1) is 11.9. The fraction of sp³-hybridized carbons (Fsp3) is 0.500. The van der Waals surface area contributed by atoms with Gasteiger partial charge in [-0.1, -0.05) is 0 Å². The standard InChI is InChI=1S/C12H17N3O2/c1-15-6-4-9(7-11(15)16)12(17)14-10-3-2-5-13-8-10/h4,6-7,10,13H,2-3,5,8H2,1H3,(H,14,17). The number of hydrogen-bond acceptors (Lipinski definition) is 3. The van der Waals surface area contributed by atoms with Gasteiger partial charge in [0, 0.05) is 37.5 Å². The van der Waals surface area contributed by atoms with Gasteiger partial charge < -0.3 is 15.2 Å². The van der Waals surface area contributed by atoms with Gasteiger partial charge in [-0.2, -0.15) is 0 Å². The topological polar surface area (TPSA) is 63.1 Å². The zero-order chi connectivity index (χ0) is 12.3. The number of nitrogens with one attached hydrogen (secondary N) is 2. The Balaban J connectivity index is 2.03. The summed E-state index contributed by atoms with van der Waals surface area (Å²) < 4.78 is 1.44. The van der Waals surface area contributed by atoms with Gasteiger partial charge in [0.15, 0.2) is 0 Å². The van der Waals surface area contributed by atoms with Crippen molar-refractivity contribution in [2.75, 3.05) is 13.1 Å². The Morgan fingerprint density at radius 1 is 1.59 bits per heavy atom. The van der Waals surface area contributed by atoms with E-state index >= 15 is 0 Å². The van der Waals surface area contributed by atoms with Crippen LogP contribution >= 0.6 is 0 Å². The summed E-state index contributed by atoms with van der Waals surface area (Å²) >= 11 is 0. The number of carbonyl (C=O) groups is 1. The predicted octanol–water partition coefficient (Wildman–Crippen LogP) is -0.133. The molecular formula is C12H17N3O2. The summed E-state index contributed by atoms with van der Waals surface area (Å²) in [6.07, 6.45) is 3.67. The molecule has 1 aromatic rings. The van der Waals surface area contributed by atoms with Crippen LogP contribution in [0, 0.1) is 0 Å². The lowest BCUT2D eigenvalue weighted by Crippen LogP contribution is -2.45. The SMILES string of the molecule is Cn1ccc(C(=O)NC2CCCNC2)cc1=O. The molecule has 92 valence electrons. The molecule has 2 heterocycles. The highest BCUT2D eigenvalue weighted by Crippen LogP contribution is 2.03. The van der Waals surface area contributed by atoms with Gasteiger partial charge in [-0.3, -0.25) is 9.59 Å². The molecule has 17 heavy (non-hydrogen) atoms. The Labute approximate surface area is 99.8 Å². The van der Waals surface area contributed by atoms with Gasteiger partial charge in [0.05, 0.1) is 0 Å². The molecular weight excluding hydrogens is 218 g/mol. The molecule has 1 aliphatic rings. The van der Waals surface area contributed by atoms with Gasteiger partial charge in [-0.25, -0.2) is 0 Å². The Kier molecular flexibility index (Phi) is 3.58. The first-order valence-corrected chi connectivity index (χ1v) is 5.85. The second-order valence-electron chi connectivity index (χ2n) is 4.38. The van der Waals surface area contributed by atoms with Crippen LogP contribution in [0.3, 0.4) is 0 Å². The molecule has 1 aromatic heterocycles. The Bertz CT molecular complexity index is 461. The van der Waals surface area contributed by atoms with Crippen molar-refractivity contribution in [1.82, 2.24) is 15.2 Å². The van der Waals surface area contributed by atoms with Gasteiger partial charge in [0.25, 0.3) is 11.5 Å². The average Bonchev–Trinajstić information content (AvgIpc) is 2.34. The first-order chi connectivity index (χ1) is 8.16. The predicted molar refractivity (Wildman–Crippen MR) is 65.0 cm³/mol. The quantitative estimate of drug-likeness (QED) is 0.750. The van der Waals surface area contributed by atoms with Crippen molar-refractivity contribution in [2.24, 2.45) is 7.05 Å². The van der Waals surface area contributed by atoms with E-state index in [1.165, 1.54) is 10.6 Å². The highest BCUT2D eigenvalue weighted by Gasteiger charge is 2.16. The summed E-state index contributed by atoms with van der Waals surface area (Å²) in [5, 5.41) is 6.16. The van der Waals surface area contributed by atoms with E-state index in [1.807, 2.05) is 0 Å². The van der Waals surface area contributed by atoms with Crippen molar-refractivity contribution in [1.29, 1.82) is 0 Å². The molecule has 0 aromatic carbocycles. The van der Waals surface area contributed by atoms with Crippen LogP contribution in [0.2, 0.25) is 0 Å². The fourth-order valence-electron chi connectivity index (χ4n) is 1.93. The van der Waals surface area contributed by atoms with Crippen molar-refractivity contribution in [2.45, 2.75) is 18.9 Å². The Morgan fingerprint density at radius 3 is 3.06 bits per heavy atom. The maximum absolute atomic E-state index is 11.9. The van der Waals surface area contributed by atoms with Gasteiger partial charge >= 0.3 is 0 Å². The Hall–Kier alpha value is -1.62. The van der Waals surface area contributed by atoms with E-state index in [1.54, 1.807) is 19.3 Å². The molecule has 0 saturated carbocycles. The lowest BCUT2D eigenvalue weighted by Gasteiger charge is -2.23. The molecule has 1 saturated heterocycles. The van der Waals surface area contributed by atoms with Crippen molar-refractivity contribution in [3.05, 3.63) is 34.2 Å². The molecule has 0 spiro atoms. The molecule has 1 atom stereocenters.